The molecular weight excluding hydrogens is 328 g/mol. The topological polar surface area (TPSA) is 89.7 Å². The van der Waals surface area contributed by atoms with Gasteiger partial charge in [-0.25, -0.2) is 8.42 Å². The predicted molar refractivity (Wildman–Crippen MR) is 89.2 cm³/mol. The van der Waals surface area contributed by atoms with Crippen molar-refractivity contribution in [2.24, 2.45) is 5.73 Å². The zero-order valence-electron chi connectivity index (χ0n) is 13.2. The highest BCUT2D eigenvalue weighted by molar-refractivity contribution is 7.89. The second-order valence-electron chi connectivity index (χ2n) is 5.56. The van der Waals surface area contributed by atoms with Crippen LogP contribution in [0.4, 0.5) is 0 Å². The summed E-state index contributed by atoms with van der Waals surface area (Å²) < 4.78 is 32.3. The number of benzene rings is 2. The summed E-state index contributed by atoms with van der Waals surface area (Å²) in [6, 6.07) is 13.5. The van der Waals surface area contributed by atoms with E-state index in [1.54, 1.807) is 0 Å². The molecule has 1 amide bonds. The van der Waals surface area contributed by atoms with Gasteiger partial charge in [-0.05, 0) is 30.2 Å². The first-order valence-corrected chi connectivity index (χ1v) is 8.94. The Balaban J connectivity index is 1.97. The number of hydrogen-bond donors (Lipinski definition) is 1. The molecule has 0 aliphatic carbocycles. The van der Waals surface area contributed by atoms with Gasteiger partial charge in [0.15, 0.2) is 0 Å². The molecule has 24 heavy (non-hydrogen) atoms. The number of primary amides is 1. The van der Waals surface area contributed by atoms with Gasteiger partial charge in [-0.3, -0.25) is 4.79 Å². The summed E-state index contributed by atoms with van der Waals surface area (Å²) >= 11 is 0. The molecule has 1 atom stereocenters. The minimum Gasteiger partial charge on any atom is -0.496 e. The Bertz CT molecular complexity index is 865. The fraction of sp³-hybridized carbons (Fsp3) is 0.235. The highest BCUT2D eigenvalue weighted by Gasteiger charge is 2.39. The van der Waals surface area contributed by atoms with Gasteiger partial charge in [-0.15, -0.1) is 0 Å². The lowest BCUT2D eigenvalue weighted by molar-refractivity contribution is 0.0997. The van der Waals surface area contributed by atoms with Gasteiger partial charge in [0.2, 0.25) is 10.0 Å². The van der Waals surface area contributed by atoms with Crippen molar-refractivity contribution in [3.63, 3.8) is 0 Å². The molecule has 2 N–H and O–H groups in total. The minimum atomic E-state index is -3.71. The lowest BCUT2D eigenvalue weighted by Gasteiger charge is -2.40. The first kappa shape index (κ1) is 16.5. The van der Waals surface area contributed by atoms with Crippen molar-refractivity contribution < 1.29 is 17.9 Å². The molecule has 0 spiro atoms. The third kappa shape index (κ3) is 2.76. The van der Waals surface area contributed by atoms with E-state index in [4.69, 9.17) is 10.5 Å². The number of carbonyl (C=O) groups is 1. The molecule has 0 unspecified atom stereocenters. The molecule has 7 heteroatoms. The average Bonchev–Trinajstić information content (AvgIpc) is 2.53. The Labute approximate surface area is 140 Å². The predicted octanol–water partition coefficient (Wildman–Crippen LogP) is 1.93. The fourth-order valence-electron chi connectivity index (χ4n) is 2.83. The summed E-state index contributed by atoms with van der Waals surface area (Å²) in [6.45, 7) is 0.444. The number of nitrogens with two attached hydrogens (primary N) is 1. The number of nitrogens with zero attached hydrogens (tertiary/aromatic N) is 1. The number of carbonyl (C=O) groups excluding carboxylic acids is 1. The van der Waals surface area contributed by atoms with Crippen LogP contribution in [-0.4, -0.2) is 32.3 Å². The third-order valence-corrected chi connectivity index (χ3v) is 6.10. The van der Waals surface area contributed by atoms with E-state index in [0.29, 0.717) is 6.54 Å². The minimum absolute atomic E-state index is 0.0396. The Morgan fingerprint density at radius 1 is 1.21 bits per heavy atom. The van der Waals surface area contributed by atoms with Crippen LogP contribution in [0.25, 0.3) is 0 Å². The van der Waals surface area contributed by atoms with Gasteiger partial charge >= 0.3 is 0 Å². The quantitative estimate of drug-likeness (QED) is 0.896. The fourth-order valence-corrected chi connectivity index (χ4v) is 4.52. The molecule has 0 aromatic heterocycles. The van der Waals surface area contributed by atoms with E-state index in [-0.39, 0.29) is 22.3 Å². The van der Waals surface area contributed by atoms with Gasteiger partial charge in [0.25, 0.3) is 5.91 Å². The zero-order chi connectivity index (χ0) is 17.3. The Morgan fingerprint density at radius 3 is 2.46 bits per heavy atom. The first-order chi connectivity index (χ1) is 11.4. The molecule has 1 fully saturated rings. The lowest BCUT2D eigenvalue weighted by atomic mass is 9.98. The van der Waals surface area contributed by atoms with Gasteiger partial charge in [-0.2, -0.15) is 4.31 Å². The first-order valence-electron chi connectivity index (χ1n) is 7.50. The molecule has 3 rings (SSSR count). The van der Waals surface area contributed by atoms with E-state index in [1.807, 2.05) is 30.3 Å². The molecule has 126 valence electrons. The van der Waals surface area contributed by atoms with E-state index in [9.17, 15) is 13.2 Å². The van der Waals surface area contributed by atoms with Crippen molar-refractivity contribution in [1.29, 1.82) is 0 Å². The Morgan fingerprint density at radius 2 is 1.92 bits per heavy atom. The molecule has 1 aliphatic heterocycles. The van der Waals surface area contributed by atoms with E-state index < -0.39 is 15.9 Å². The summed E-state index contributed by atoms with van der Waals surface area (Å²) in [4.78, 5) is 11.6. The van der Waals surface area contributed by atoms with Crippen LogP contribution >= 0.6 is 0 Å². The van der Waals surface area contributed by atoms with Crippen molar-refractivity contribution in [3.8, 4) is 5.75 Å². The molecule has 2 aromatic carbocycles. The molecule has 2 aromatic rings. The maximum absolute atomic E-state index is 12.9. The second kappa shape index (κ2) is 6.26. The van der Waals surface area contributed by atoms with Gasteiger partial charge in [0.05, 0.1) is 23.6 Å². The molecule has 6 nitrogen and oxygen atoms in total. The van der Waals surface area contributed by atoms with Crippen molar-refractivity contribution >= 4 is 15.9 Å². The molecule has 0 bridgehead atoms. The second-order valence-corrected chi connectivity index (χ2v) is 7.45. The molecule has 1 aliphatic rings. The van der Waals surface area contributed by atoms with Gasteiger partial charge in [0.1, 0.15) is 5.75 Å². The Hall–Kier alpha value is -2.38. The van der Waals surface area contributed by atoms with E-state index in [2.05, 4.69) is 0 Å². The zero-order valence-corrected chi connectivity index (χ0v) is 14.0. The van der Waals surface area contributed by atoms with E-state index in [0.717, 1.165) is 12.0 Å². The third-order valence-electron chi connectivity index (χ3n) is 4.20. The van der Waals surface area contributed by atoms with Crippen molar-refractivity contribution in [3.05, 3.63) is 59.7 Å². The van der Waals surface area contributed by atoms with Crippen LogP contribution in [-0.2, 0) is 10.0 Å². The number of amides is 1. The maximum Gasteiger partial charge on any atom is 0.252 e. The Kier molecular flexibility index (Phi) is 4.29. The number of rotatable bonds is 5. The van der Waals surface area contributed by atoms with E-state index in [1.165, 1.54) is 29.6 Å². The van der Waals surface area contributed by atoms with Crippen LogP contribution in [0.2, 0.25) is 0 Å². The van der Waals surface area contributed by atoms with Crippen molar-refractivity contribution in [2.45, 2.75) is 17.4 Å². The highest BCUT2D eigenvalue weighted by atomic mass is 32.2. The van der Waals surface area contributed by atoms with Crippen LogP contribution in [0.15, 0.2) is 53.4 Å². The van der Waals surface area contributed by atoms with Crippen LogP contribution in [0.3, 0.4) is 0 Å². The number of methoxy groups -OCH3 is 1. The SMILES string of the molecule is COc1ccc(S(=O)(=O)N2CC[C@@H]2c2ccccc2)cc1C(N)=O. The summed E-state index contributed by atoms with van der Waals surface area (Å²) in [6.07, 6.45) is 0.766. The van der Waals surface area contributed by atoms with Crippen molar-refractivity contribution in [2.75, 3.05) is 13.7 Å². The van der Waals surface area contributed by atoms with Crippen LogP contribution in [0.5, 0.6) is 5.75 Å². The smallest absolute Gasteiger partial charge is 0.252 e. The normalized spacial score (nSPS) is 18.0. The van der Waals surface area contributed by atoms with Crippen LogP contribution < -0.4 is 10.5 Å². The summed E-state index contributed by atoms with van der Waals surface area (Å²) in [5, 5.41) is 0. The number of sulfonamides is 1. The summed E-state index contributed by atoms with van der Waals surface area (Å²) in [7, 11) is -2.31. The highest BCUT2D eigenvalue weighted by Crippen LogP contribution is 2.38. The number of ether oxygens (including phenoxy) is 1. The van der Waals surface area contributed by atoms with Crippen LogP contribution in [0.1, 0.15) is 28.4 Å². The monoisotopic (exact) mass is 346 g/mol. The molecule has 1 saturated heterocycles. The summed E-state index contributed by atoms with van der Waals surface area (Å²) in [5.41, 5.74) is 6.32. The maximum atomic E-state index is 12.9. The molecule has 1 heterocycles. The summed E-state index contributed by atoms with van der Waals surface area (Å²) in [5.74, 6) is -0.475. The largest absolute Gasteiger partial charge is 0.496 e. The van der Waals surface area contributed by atoms with Crippen molar-refractivity contribution in [1.82, 2.24) is 4.31 Å². The number of hydrogen-bond acceptors (Lipinski definition) is 4. The van der Waals surface area contributed by atoms with Gasteiger partial charge in [0, 0.05) is 6.54 Å². The molecule has 0 saturated carbocycles. The average molecular weight is 346 g/mol. The van der Waals surface area contributed by atoms with Gasteiger partial charge in [-0.1, -0.05) is 30.3 Å². The van der Waals surface area contributed by atoms with Crippen LogP contribution in [0, 0.1) is 0 Å². The van der Waals surface area contributed by atoms with E-state index >= 15 is 0 Å². The lowest BCUT2D eigenvalue weighted by Crippen LogP contribution is -2.45. The molecule has 0 radical (unpaired) electrons. The standard InChI is InChI=1S/C17H18N2O4S/c1-23-16-8-7-13(11-14(16)17(18)20)24(21,22)19-10-9-15(19)12-5-3-2-4-6-12/h2-8,11,15H,9-10H2,1H3,(H2,18,20)/t15-/m1/s1. The molecular formula is C17H18N2O4S. The van der Waals surface area contributed by atoms with Gasteiger partial charge < -0.3 is 10.5 Å².